The van der Waals surface area contributed by atoms with Crippen LogP contribution in [0.15, 0.2) is 11.6 Å². The predicted octanol–water partition coefficient (Wildman–Crippen LogP) is -0.787. The predicted molar refractivity (Wildman–Crippen MR) is 36.8 cm³/mol. The van der Waals surface area contributed by atoms with Crippen molar-refractivity contribution in [3.63, 3.8) is 0 Å². The molecule has 0 aromatic heterocycles. The molecule has 62 valence electrons. The second-order valence-electron chi connectivity index (χ2n) is 2.41. The summed E-state index contributed by atoms with van der Waals surface area (Å²) in [5.74, 6) is -0.487. The Labute approximate surface area is 64.1 Å². The van der Waals surface area contributed by atoms with E-state index in [0.29, 0.717) is 12.0 Å². The van der Waals surface area contributed by atoms with E-state index >= 15 is 0 Å². The molecular formula is C7H10O4. The van der Waals surface area contributed by atoms with Gasteiger partial charge in [-0.15, -0.1) is 0 Å². The Hall–Kier alpha value is -0.870. The van der Waals surface area contributed by atoms with Crippen molar-refractivity contribution in [3.05, 3.63) is 11.6 Å². The molecule has 0 aromatic carbocycles. The number of cyclic esters (lactones) is 1. The highest BCUT2D eigenvalue weighted by molar-refractivity contribution is 5.83. The van der Waals surface area contributed by atoms with Gasteiger partial charge in [0.15, 0.2) is 0 Å². The maximum atomic E-state index is 10.7. The molecule has 0 fully saturated rings. The molecule has 0 amide bonds. The lowest BCUT2D eigenvalue weighted by Gasteiger charge is -2.19. The molecule has 4 heteroatoms. The van der Waals surface area contributed by atoms with E-state index in [9.17, 15) is 4.79 Å². The number of aliphatic hydroxyl groups excluding tert-OH is 2. The number of carbonyl (C=O) groups is 1. The lowest BCUT2D eigenvalue weighted by Crippen LogP contribution is -2.26. The number of hydrogen-bond acceptors (Lipinski definition) is 4. The van der Waals surface area contributed by atoms with Crippen LogP contribution in [0.25, 0.3) is 0 Å². The third-order valence-corrected chi connectivity index (χ3v) is 1.50. The Morgan fingerprint density at radius 1 is 1.64 bits per heavy atom. The highest BCUT2D eigenvalue weighted by Crippen LogP contribution is 2.13. The Kier molecular flexibility index (Phi) is 2.62. The van der Waals surface area contributed by atoms with Crippen LogP contribution in [0.5, 0.6) is 0 Å². The Balaban J connectivity index is 2.61. The van der Waals surface area contributed by atoms with Gasteiger partial charge in [0.2, 0.25) is 0 Å². The summed E-state index contributed by atoms with van der Waals surface area (Å²) in [5.41, 5.74) is 0.611. The van der Waals surface area contributed by atoms with Crippen molar-refractivity contribution in [2.45, 2.75) is 12.5 Å². The van der Waals surface area contributed by atoms with Crippen molar-refractivity contribution in [1.29, 1.82) is 0 Å². The van der Waals surface area contributed by atoms with Crippen molar-refractivity contribution >= 4 is 5.97 Å². The first kappa shape index (κ1) is 8.23. The number of rotatable bonds is 2. The molecule has 11 heavy (non-hydrogen) atoms. The van der Waals surface area contributed by atoms with Gasteiger partial charge in [0.25, 0.3) is 0 Å². The minimum absolute atomic E-state index is 0.147. The van der Waals surface area contributed by atoms with Crippen LogP contribution in [-0.4, -0.2) is 35.5 Å². The highest BCUT2D eigenvalue weighted by atomic mass is 16.6. The van der Waals surface area contributed by atoms with Crippen LogP contribution in [-0.2, 0) is 9.53 Å². The van der Waals surface area contributed by atoms with Crippen LogP contribution in [0.4, 0.5) is 0 Å². The molecule has 1 unspecified atom stereocenters. The van der Waals surface area contributed by atoms with E-state index in [-0.39, 0.29) is 13.2 Å². The first-order valence-corrected chi connectivity index (χ1v) is 3.38. The monoisotopic (exact) mass is 158 g/mol. The zero-order valence-corrected chi connectivity index (χ0v) is 5.99. The summed E-state index contributed by atoms with van der Waals surface area (Å²) in [6, 6.07) is 0. The minimum Gasteiger partial charge on any atom is -0.456 e. The summed E-state index contributed by atoms with van der Waals surface area (Å²) in [5, 5.41) is 17.3. The second kappa shape index (κ2) is 3.50. The van der Waals surface area contributed by atoms with Gasteiger partial charge in [-0.05, 0) is 5.57 Å². The van der Waals surface area contributed by atoms with Gasteiger partial charge in [0, 0.05) is 12.5 Å². The largest absolute Gasteiger partial charge is 0.456 e. The van der Waals surface area contributed by atoms with Gasteiger partial charge in [0.1, 0.15) is 6.10 Å². The zero-order valence-electron chi connectivity index (χ0n) is 5.99. The molecule has 2 N–H and O–H groups in total. The van der Waals surface area contributed by atoms with Crippen molar-refractivity contribution in [1.82, 2.24) is 0 Å². The van der Waals surface area contributed by atoms with Gasteiger partial charge >= 0.3 is 5.97 Å². The third kappa shape index (κ3) is 2.03. The van der Waals surface area contributed by atoms with Crippen LogP contribution < -0.4 is 0 Å². The Morgan fingerprint density at radius 2 is 2.36 bits per heavy atom. The topological polar surface area (TPSA) is 66.8 Å². The van der Waals surface area contributed by atoms with Gasteiger partial charge in [-0.3, -0.25) is 0 Å². The fourth-order valence-corrected chi connectivity index (χ4v) is 0.970. The molecule has 1 rings (SSSR count). The quantitative estimate of drug-likeness (QED) is 0.517. The molecule has 1 aliphatic heterocycles. The summed E-state index contributed by atoms with van der Waals surface area (Å²) in [7, 11) is 0. The van der Waals surface area contributed by atoms with E-state index in [2.05, 4.69) is 0 Å². The van der Waals surface area contributed by atoms with E-state index in [1.165, 1.54) is 6.08 Å². The van der Waals surface area contributed by atoms with Crippen LogP contribution in [0, 0.1) is 0 Å². The maximum Gasteiger partial charge on any atom is 0.331 e. The van der Waals surface area contributed by atoms with Gasteiger partial charge in [0.05, 0.1) is 13.2 Å². The average molecular weight is 158 g/mol. The van der Waals surface area contributed by atoms with Crippen molar-refractivity contribution < 1.29 is 19.7 Å². The van der Waals surface area contributed by atoms with Gasteiger partial charge < -0.3 is 14.9 Å². The smallest absolute Gasteiger partial charge is 0.331 e. The molecule has 0 saturated carbocycles. The molecule has 4 nitrogen and oxygen atoms in total. The molecule has 0 spiro atoms. The molecular weight excluding hydrogens is 148 g/mol. The van der Waals surface area contributed by atoms with Crippen LogP contribution in [0.3, 0.4) is 0 Å². The van der Waals surface area contributed by atoms with E-state index in [0.717, 1.165) is 0 Å². The lowest BCUT2D eigenvalue weighted by molar-refractivity contribution is -0.146. The molecule has 1 atom stereocenters. The maximum absolute atomic E-state index is 10.7. The normalized spacial score (nSPS) is 24.4. The van der Waals surface area contributed by atoms with E-state index in [4.69, 9.17) is 14.9 Å². The first-order valence-electron chi connectivity index (χ1n) is 3.38. The number of ether oxygens (including phenoxy) is 1. The summed E-state index contributed by atoms with van der Waals surface area (Å²) < 4.78 is 4.69. The van der Waals surface area contributed by atoms with Crippen molar-refractivity contribution in [3.8, 4) is 0 Å². The molecule has 0 radical (unpaired) electrons. The lowest BCUT2D eigenvalue weighted by atomic mass is 10.1. The molecule has 1 aliphatic rings. The fraction of sp³-hybridized carbons (Fsp3) is 0.571. The minimum atomic E-state index is -0.487. The summed E-state index contributed by atoms with van der Waals surface area (Å²) in [6.07, 6.45) is 1.21. The average Bonchev–Trinajstić information content (AvgIpc) is 2.03. The van der Waals surface area contributed by atoms with E-state index in [1.54, 1.807) is 0 Å². The summed E-state index contributed by atoms with van der Waals surface area (Å²) >= 11 is 0. The number of esters is 1. The summed E-state index contributed by atoms with van der Waals surface area (Å²) in [6.45, 7) is -0.339. The number of carbonyl (C=O) groups excluding carboxylic acids is 1. The SMILES string of the molecule is O=C1C=C(CO)CC(CO)O1. The molecule has 0 bridgehead atoms. The van der Waals surface area contributed by atoms with Gasteiger partial charge in [-0.2, -0.15) is 0 Å². The zero-order chi connectivity index (χ0) is 8.27. The van der Waals surface area contributed by atoms with Crippen LogP contribution in [0.1, 0.15) is 6.42 Å². The molecule has 1 heterocycles. The highest BCUT2D eigenvalue weighted by Gasteiger charge is 2.19. The van der Waals surface area contributed by atoms with Crippen LogP contribution in [0.2, 0.25) is 0 Å². The van der Waals surface area contributed by atoms with Gasteiger partial charge in [-0.25, -0.2) is 4.79 Å². The van der Waals surface area contributed by atoms with Crippen LogP contribution >= 0.6 is 0 Å². The Bertz CT molecular complexity index is 185. The summed E-state index contributed by atoms with van der Waals surface area (Å²) in [4.78, 5) is 10.7. The van der Waals surface area contributed by atoms with Crippen molar-refractivity contribution in [2.24, 2.45) is 0 Å². The standard InChI is InChI=1S/C7H10O4/c8-3-5-1-6(4-9)11-7(10)2-5/h2,6,8-9H,1,3-4H2. The number of aliphatic hydroxyl groups is 2. The van der Waals surface area contributed by atoms with E-state index < -0.39 is 12.1 Å². The fourth-order valence-electron chi connectivity index (χ4n) is 0.970. The molecule has 0 aromatic rings. The van der Waals surface area contributed by atoms with Gasteiger partial charge in [-0.1, -0.05) is 0 Å². The van der Waals surface area contributed by atoms with Crippen molar-refractivity contribution in [2.75, 3.05) is 13.2 Å². The first-order chi connectivity index (χ1) is 5.26. The van der Waals surface area contributed by atoms with E-state index in [1.807, 2.05) is 0 Å². The second-order valence-corrected chi connectivity index (χ2v) is 2.41. The molecule has 0 aliphatic carbocycles. The third-order valence-electron chi connectivity index (χ3n) is 1.50. The number of hydrogen-bond donors (Lipinski definition) is 2. The molecule has 0 saturated heterocycles. The Morgan fingerprint density at radius 3 is 2.91 bits per heavy atom.